The molecule has 1 N–H and O–H groups in total. The third kappa shape index (κ3) is 5.00. The molecule has 0 bridgehead atoms. The third-order valence-corrected chi connectivity index (χ3v) is 5.99. The fourth-order valence-electron chi connectivity index (χ4n) is 4.49. The van der Waals surface area contributed by atoms with E-state index in [1.54, 1.807) is 26.0 Å². The molecule has 0 amide bonds. The van der Waals surface area contributed by atoms with Crippen LogP contribution in [0, 0.1) is 17.7 Å². The summed E-state index contributed by atoms with van der Waals surface area (Å²) in [7, 11) is 1.23. The van der Waals surface area contributed by atoms with Gasteiger partial charge in [0.25, 0.3) is 0 Å². The summed E-state index contributed by atoms with van der Waals surface area (Å²) in [6.45, 7) is 6.28. The number of halogens is 1. The van der Waals surface area contributed by atoms with E-state index in [-0.39, 0.29) is 35.8 Å². The average Bonchev–Trinajstić information content (AvgIpc) is 2.78. The molecule has 1 aliphatic heterocycles. The van der Waals surface area contributed by atoms with E-state index in [0.717, 1.165) is 6.42 Å². The number of hydrogen-bond acceptors (Lipinski definition) is 7. The molecule has 8 heteroatoms. The van der Waals surface area contributed by atoms with E-state index >= 15 is 0 Å². The van der Waals surface area contributed by atoms with Gasteiger partial charge in [-0.05, 0) is 31.7 Å². The molecule has 0 saturated heterocycles. The monoisotopic (exact) mass is 459 g/mol. The normalized spacial score (nSPS) is 22.6. The van der Waals surface area contributed by atoms with Crippen LogP contribution in [0.15, 0.2) is 46.8 Å². The number of hydrogen-bond donors (Lipinski definition) is 1. The first-order chi connectivity index (χ1) is 15.8. The zero-order valence-corrected chi connectivity index (χ0v) is 19.4. The van der Waals surface area contributed by atoms with Crippen LogP contribution in [-0.2, 0) is 28.6 Å². The van der Waals surface area contributed by atoms with E-state index in [1.165, 1.54) is 19.2 Å². The molecule has 0 saturated carbocycles. The topological polar surface area (TPSA) is 90.9 Å². The van der Waals surface area contributed by atoms with Crippen LogP contribution in [0.3, 0.4) is 0 Å². The molecule has 0 fully saturated rings. The number of dihydropyridines is 1. The molecule has 178 valence electrons. The zero-order valence-electron chi connectivity index (χ0n) is 19.4. The highest BCUT2D eigenvalue weighted by Crippen LogP contribution is 2.46. The molecule has 3 atom stereocenters. The average molecular weight is 460 g/mol. The molecule has 0 spiro atoms. The van der Waals surface area contributed by atoms with Crippen LogP contribution < -0.4 is 5.32 Å². The second kappa shape index (κ2) is 10.7. The van der Waals surface area contributed by atoms with Crippen LogP contribution in [-0.4, -0.2) is 44.7 Å². The molecule has 3 rings (SSSR count). The Morgan fingerprint density at radius 1 is 1.18 bits per heavy atom. The molecule has 2 aliphatic rings. The van der Waals surface area contributed by atoms with Crippen LogP contribution >= 0.6 is 0 Å². The van der Waals surface area contributed by atoms with Crippen molar-refractivity contribution in [2.45, 2.75) is 39.5 Å². The maximum Gasteiger partial charge on any atom is 0.336 e. The molecular weight excluding hydrogens is 429 g/mol. The van der Waals surface area contributed by atoms with E-state index in [2.05, 4.69) is 5.32 Å². The summed E-state index contributed by atoms with van der Waals surface area (Å²) in [5, 5.41) is 3.15. The van der Waals surface area contributed by atoms with Crippen molar-refractivity contribution in [1.29, 1.82) is 0 Å². The van der Waals surface area contributed by atoms with Crippen molar-refractivity contribution in [3.8, 4) is 0 Å². The summed E-state index contributed by atoms with van der Waals surface area (Å²) in [5.41, 5.74) is 1.58. The largest absolute Gasteiger partial charge is 0.468 e. The molecule has 1 aromatic rings. The highest BCUT2D eigenvalue weighted by atomic mass is 19.1. The second-order valence-electron chi connectivity index (χ2n) is 8.31. The van der Waals surface area contributed by atoms with Crippen molar-refractivity contribution in [2.75, 3.05) is 26.9 Å². The molecular formula is C25H30FNO6. The van der Waals surface area contributed by atoms with E-state index in [9.17, 15) is 18.8 Å². The van der Waals surface area contributed by atoms with Gasteiger partial charge in [-0.15, -0.1) is 0 Å². The summed E-state index contributed by atoms with van der Waals surface area (Å²) in [5.74, 6) is -4.67. The first kappa shape index (κ1) is 24.6. The third-order valence-electron chi connectivity index (χ3n) is 5.99. The van der Waals surface area contributed by atoms with Crippen molar-refractivity contribution in [2.24, 2.45) is 11.8 Å². The number of methoxy groups -OCH3 is 1. The SMILES string of the molecule is CCCOCCOC(=O)C1=C(C)NC2=C(C(=O)[C@@H](C(=O)OC)[C@H](C)C2)[C@@H]1c1ccccc1F. The first-order valence-electron chi connectivity index (χ1n) is 11.1. The zero-order chi connectivity index (χ0) is 24.1. The van der Waals surface area contributed by atoms with Crippen molar-refractivity contribution >= 4 is 17.7 Å². The van der Waals surface area contributed by atoms with Gasteiger partial charge in [0.2, 0.25) is 0 Å². The molecule has 7 nitrogen and oxygen atoms in total. The van der Waals surface area contributed by atoms with Crippen LogP contribution in [0.4, 0.5) is 4.39 Å². The lowest BCUT2D eigenvalue weighted by molar-refractivity contribution is -0.151. The van der Waals surface area contributed by atoms with Crippen LogP contribution in [0.1, 0.15) is 45.1 Å². The fraction of sp³-hybridized carbons (Fsp3) is 0.480. The maximum atomic E-state index is 15.0. The smallest absolute Gasteiger partial charge is 0.336 e. The van der Waals surface area contributed by atoms with Crippen molar-refractivity contribution in [3.05, 3.63) is 58.2 Å². The van der Waals surface area contributed by atoms with Crippen molar-refractivity contribution in [1.82, 2.24) is 5.32 Å². The fourth-order valence-corrected chi connectivity index (χ4v) is 4.49. The Bertz CT molecular complexity index is 998. The number of carbonyl (C=O) groups excluding carboxylic acids is 3. The van der Waals surface area contributed by atoms with E-state index < -0.39 is 35.4 Å². The van der Waals surface area contributed by atoms with Gasteiger partial charge >= 0.3 is 11.9 Å². The molecule has 1 aromatic carbocycles. The van der Waals surface area contributed by atoms with Crippen LogP contribution in [0.5, 0.6) is 0 Å². The van der Waals surface area contributed by atoms with E-state index in [1.807, 2.05) is 6.92 Å². The minimum atomic E-state index is -1.03. The maximum absolute atomic E-state index is 15.0. The summed E-state index contributed by atoms with van der Waals surface area (Å²) < 4.78 is 30.6. The number of rotatable bonds is 8. The number of allylic oxidation sites excluding steroid dienone is 3. The number of esters is 2. The first-order valence-corrected chi connectivity index (χ1v) is 11.1. The molecule has 33 heavy (non-hydrogen) atoms. The molecule has 1 heterocycles. The van der Waals surface area contributed by atoms with Gasteiger partial charge in [0.15, 0.2) is 5.78 Å². The second-order valence-corrected chi connectivity index (χ2v) is 8.31. The number of benzene rings is 1. The predicted molar refractivity (Wildman–Crippen MR) is 118 cm³/mol. The van der Waals surface area contributed by atoms with Crippen molar-refractivity contribution < 1.29 is 33.0 Å². The van der Waals surface area contributed by atoms with Crippen molar-refractivity contribution in [3.63, 3.8) is 0 Å². The van der Waals surface area contributed by atoms with Gasteiger partial charge in [-0.3, -0.25) is 9.59 Å². The number of carbonyl (C=O) groups is 3. The molecule has 0 unspecified atom stereocenters. The Morgan fingerprint density at radius 2 is 1.91 bits per heavy atom. The minimum absolute atomic E-state index is 0.0290. The highest BCUT2D eigenvalue weighted by Gasteiger charge is 2.47. The molecule has 1 aliphatic carbocycles. The number of Topliss-reactive ketones (excluding diaryl/α,β-unsaturated/α-hetero) is 1. The Kier molecular flexibility index (Phi) is 8.02. The van der Waals surface area contributed by atoms with Gasteiger partial charge in [-0.2, -0.15) is 0 Å². The Labute approximate surface area is 193 Å². The Hall–Kier alpha value is -3.00. The van der Waals surface area contributed by atoms with Gasteiger partial charge in [0, 0.05) is 29.1 Å². The highest BCUT2D eigenvalue weighted by molar-refractivity contribution is 6.12. The van der Waals surface area contributed by atoms with Crippen LogP contribution in [0.2, 0.25) is 0 Å². The lowest BCUT2D eigenvalue weighted by atomic mass is 9.69. The van der Waals surface area contributed by atoms with Gasteiger partial charge in [0.05, 0.1) is 25.2 Å². The summed E-state index contributed by atoms with van der Waals surface area (Å²) >= 11 is 0. The molecule has 0 radical (unpaired) electrons. The van der Waals surface area contributed by atoms with Gasteiger partial charge in [-0.1, -0.05) is 32.0 Å². The van der Waals surface area contributed by atoms with E-state index in [0.29, 0.717) is 24.4 Å². The quantitative estimate of drug-likeness (QED) is 0.362. The number of ether oxygens (including phenoxy) is 3. The Balaban J connectivity index is 2.03. The van der Waals surface area contributed by atoms with Crippen LogP contribution in [0.25, 0.3) is 0 Å². The summed E-state index contributed by atoms with van der Waals surface area (Å²) in [4.78, 5) is 39.1. The molecule has 0 aromatic heterocycles. The van der Waals surface area contributed by atoms with E-state index in [4.69, 9.17) is 14.2 Å². The minimum Gasteiger partial charge on any atom is -0.468 e. The predicted octanol–water partition coefficient (Wildman–Crippen LogP) is 3.41. The Morgan fingerprint density at radius 3 is 2.58 bits per heavy atom. The standard InChI is InChI=1S/C25H30FNO6/c1-5-10-32-11-12-33-25(30)20-15(3)27-18-13-14(2)19(24(29)31-4)23(28)22(18)21(20)16-8-6-7-9-17(16)26/h6-9,14,19,21,27H,5,10-13H2,1-4H3/t14-,19+,21-/m1/s1. The summed E-state index contributed by atoms with van der Waals surface area (Å²) in [6, 6.07) is 6.00. The van der Waals surface area contributed by atoms with Gasteiger partial charge in [-0.25, -0.2) is 9.18 Å². The number of ketones is 1. The number of nitrogens with one attached hydrogen (secondary N) is 1. The van der Waals surface area contributed by atoms with Gasteiger partial charge in [0.1, 0.15) is 18.3 Å². The lowest BCUT2D eigenvalue weighted by Crippen LogP contribution is -2.43. The summed E-state index contributed by atoms with van der Waals surface area (Å²) in [6.07, 6.45) is 1.23. The van der Waals surface area contributed by atoms with Gasteiger partial charge < -0.3 is 19.5 Å². The lowest BCUT2D eigenvalue weighted by Gasteiger charge is -2.38.